The molecule has 0 heterocycles. The molecule has 0 bridgehead atoms. The van der Waals surface area contributed by atoms with Crippen LogP contribution in [0.1, 0.15) is 14.9 Å². The Morgan fingerprint density at radius 2 is 1.80 bits per heavy atom. The highest BCUT2D eigenvalue weighted by atomic mass is 79.9. The molecule has 54 valence electrons. The molecular formula is C8H8Br2. The van der Waals surface area contributed by atoms with Gasteiger partial charge in [-0.2, -0.15) is 0 Å². The maximum Gasteiger partial charge on any atom is 0.0949 e. The van der Waals surface area contributed by atoms with Gasteiger partial charge in [0.25, 0.3) is 0 Å². The van der Waals surface area contributed by atoms with Crippen LogP contribution in [0.3, 0.4) is 0 Å². The molecule has 0 aliphatic heterocycles. The normalized spacial score (nSPS) is 10.4. The van der Waals surface area contributed by atoms with Crippen molar-refractivity contribution in [3.63, 3.8) is 0 Å². The lowest BCUT2D eigenvalue weighted by Crippen LogP contribution is -1.83. The molecule has 0 atom stereocenters. The van der Waals surface area contributed by atoms with E-state index in [9.17, 15) is 0 Å². The van der Waals surface area contributed by atoms with Gasteiger partial charge in [-0.25, -0.2) is 0 Å². The van der Waals surface area contributed by atoms with Crippen molar-refractivity contribution < 1.29 is 0 Å². The van der Waals surface area contributed by atoms with Gasteiger partial charge in [-0.05, 0) is 18.1 Å². The van der Waals surface area contributed by atoms with E-state index in [0.29, 0.717) is 0 Å². The molecule has 0 fully saturated rings. The van der Waals surface area contributed by atoms with E-state index in [-0.39, 0.29) is 3.74 Å². The molecule has 0 nitrogen and oxygen atoms in total. The van der Waals surface area contributed by atoms with Gasteiger partial charge in [0, 0.05) is 0 Å². The van der Waals surface area contributed by atoms with E-state index in [1.165, 1.54) is 11.1 Å². The van der Waals surface area contributed by atoms with E-state index in [4.69, 9.17) is 0 Å². The Balaban J connectivity index is 3.03. The SMILES string of the molecule is Cc1ccccc1C(Br)Br. The third kappa shape index (κ3) is 1.83. The van der Waals surface area contributed by atoms with Gasteiger partial charge >= 0.3 is 0 Å². The Morgan fingerprint density at radius 3 is 2.20 bits per heavy atom. The zero-order chi connectivity index (χ0) is 7.56. The predicted molar refractivity (Wildman–Crippen MR) is 51.8 cm³/mol. The minimum absolute atomic E-state index is 0.279. The van der Waals surface area contributed by atoms with E-state index in [1.807, 2.05) is 12.1 Å². The minimum Gasteiger partial charge on any atom is -0.0712 e. The minimum atomic E-state index is 0.279. The predicted octanol–water partition coefficient (Wildman–Crippen LogP) is 3.78. The molecule has 1 aromatic rings. The second kappa shape index (κ2) is 3.54. The van der Waals surface area contributed by atoms with Crippen LogP contribution >= 0.6 is 31.9 Å². The van der Waals surface area contributed by atoms with Crippen molar-refractivity contribution in [1.82, 2.24) is 0 Å². The maximum absolute atomic E-state index is 3.45. The van der Waals surface area contributed by atoms with Gasteiger partial charge in [0.05, 0.1) is 3.74 Å². The van der Waals surface area contributed by atoms with Crippen LogP contribution < -0.4 is 0 Å². The Bertz CT molecular complexity index is 218. The van der Waals surface area contributed by atoms with Crippen LogP contribution in [0.2, 0.25) is 0 Å². The molecule has 0 aromatic heterocycles. The Morgan fingerprint density at radius 1 is 1.20 bits per heavy atom. The molecular weight excluding hydrogens is 256 g/mol. The quantitative estimate of drug-likeness (QED) is 0.677. The number of hydrogen-bond donors (Lipinski definition) is 0. The van der Waals surface area contributed by atoms with Crippen molar-refractivity contribution in [3.05, 3.63) is 35.4 Å². The standard InChI is InChI=1S/C8H8Br2/c1-6-4-2-3-5-7(6)8(9)10/h2-5,8H,1H3. The summed E-state index contributed by atoms with van der Waals surface area (Å²) in [5.74, 6) is 0. The van der Waals surface area contributed by atoms with Crippen molar-refractivity contribution >= 4 is 31.9 Å². The van der Waals surface area contributed by atoms with Gasteiger partial charge in [0.1, 0.15) is 0 Å². The second-order valence-electron chi connectivity index (χ2n) is 2.16. The summed E-state index contributed by atoms with van der Waals surface area (Å²) in [6.07, 6.45) is 0. The van der Waals surface area contributed by atoms with Crippen LogP contribution in [0.5, 0.6) is 0 Å². The van der Waals surface area contributed by atoms with Crippen molar-refractivity contribution in [2.45, 2.75) is 10.7 Å². The van der Waals surface area contributed by atoms with Crippen LogP contribution in [-0.2, 0) is 0 Å². The third-order valence-electron chi connectivity index (χ3n) is 1.42. The van der Waals surface area contributed by atoms with Crippen LogP contribution in [0.15, 0.2) is 24.3 Å². The number of hydrogen-bond acceptors (Lipinski definition) is 0. The van der Waals surface area contributed by atoms with Gasteiger partial charge in [-0.3, -0.25) is 0 Å². The van der Waals surface area contributed by atoms with E-state index in [2.05, 4.69) is 50.9 Å². The van der Waals surface area contributed by atoms with E-state index in [0.717, 1.165) is 0 Å². The highest BCUT2D eigenvalue weighted by Crippen LogP contribution is 2.30. The molecule has 0 N–H and O–H groups in total. The fourth-order valence-electron chi connectivity index (χ4n) is 0.832. The van der Waals surface area contributed by atoms with Crippen molar-refractivity contribution in [3.8, 4) is 0 Å². The fourth-order valence-corrected chi connectivity index (χ4v) is 1.86. The molecule has 1 aromatic carbocycles. The molecule has 0 unspecified atom stereocenters. The summed E-state index contributed by atoms with van der Waals surface area (Å²) in [7, 11) is 0. The largest absolute Gasteiger partial charge is 0.0949 e. The average molecular weight is 264 g/mol. The first kappa shape index (κ1) is 8.28. The highest BCUT2D eigenvalue weighted by molar-refractivity contribution is 9.24. The lowest BCUT2D eigenvalue weighted by Gasteiger charge is -2.04. The van der Waals surface area contributed by atoms with Gasteiger partial charge in [0.2, 0.25) is 0 Å². The van der Waals surface area contributed by atoms with Gasteiger partial charge in [0.15, 0.2) is 0 Å². The van der Waals surface area contributed by atoms with Crippen molar-refractivity contribution in [2.75, 3.05) is 0 Å². The number of aryl methyl sites for hydroxylation is 1. The first-order valence-corrected chi connectivity index (χ1v) is 4.88. The number of alkyl halides is 2. The summed E-state index contributed by atoms with van der Waals surface area (Å²) >= 11 is 6.90. The molecule has 2 heteroatoms. The second-order valence-corrected chi connectivity index (χ2v) is 5.22. The fraction of sp³-hybridized carbons (Fsp3) is 0.250. The Labute approximate surface area is 77.9 Å². The highest BCUT2D eigenvalue weighted by Gasteiger charge is 2.02. The molecule has 1 rings (SSSR count). The smallest absolute Gasteiger partial charge is 0.0712 e. The number of halogens is 2. The summed E-state index contributed by atoms with van der Waals surface area (Å²) in [5, 5.41) is 0. The van der Waals surface area contributed by atoms with Crippen LogP contribution in [0.4, 0.5) is 0 Å². The van der Waals surface area contributed by atoms with E-state index in [1.54, 1.807) is 0 Å². The Kier molecular flexibility index (Phi) is 2.93. The monoisotopic (exact) mass is 262 g/mol. The van der Waals surface area contributed by atoms with Crippen molar-refractivity contribution in [1.29, 1.82) is 0 Å². The summed E-state index contributed by atoms with van der Waals surface area (Å²) in [5.41, 5.74) is 2.60. The lowest BCUT2D eigenvalue weighted by atomic mass is 10.1. The zero-order valence-electron chi connectivity index (χ0n) is 5.64. The number of rotatable bonds is 1. The first-order valence-electron chi connectivity index (χ1n) is 3.05. The van der Waals surface area contributed by atoms with Crippen LogP contribution in [0.25, 0.3) is 0 Å². The zero-order valence-corrected chi connectivity index (χ0v) is 8.81. The average Bonchev–Trinajstić information content (AvgIpc) is 1.88. The van der Waals surface area contributed by atoms with E-state index < -0.39 is 0 Å². The molecule has 0 radical (unpaired) electrons. The Hall–Kier alpha value is 0.180. The summed E-state index contributed by atoms with van der Waals surface area (Å²) in [4.78, 5) is 0. The van der Waals surface area contributed by atoms with Crippen LogP contribution in [0, 0.1) is 6.92 Å². The lowest BCUT2D eigenvalue weighted by molar-refractivity contribution is 1.31. The maximum atomic E-state index is 3.45. The summed E-state index contributed by atoms with van der Waals surface area (Å²) < 4.78 is 0.279. The topological polar surface area (TPSA) is 0 Å². The van der Waals surface area contributed by atoms with Crippen LogP contribution in [-0.4, -0.2) is 0 Å². The van der Waals surface area contributed by atoms with Crippen molar-refractivity contribution in [2.24, 2.45) is 0 Å². The molecule has 0 saturated carbocycles. The molecule has 0 aliphatic rings. The molecule has 10 heavy (non-hydrogen) atoms. The van der Waals surface area contributed by atoms with E-state index >= 15 is 0 Å². The third-order valence-corrected chi connectivity index (χ3v) is 2.41. The molecule has 0 aliphatic carbocycles. The van der Waals surface area contributed by atoms with Gasteiger partial charge in [-0.15, -0.1) is 0 Å². The summed E-state index contributed by atoms with van der Waals surface area (Å²) in [6, 6.07) is 8.29. The molecule has 0 saturated heterocycles. The molecule has 0 spiro atoms. The van der Waals surface area contributed by atoms with Gasteiger partial charge in [-0.1, -0.05) is 56.1 Å². The first-order chi connectivity index (χ1) is 4.72. The van der Waals surface area contributed by atoms with Gasteiger partial charge < -0.3 is 0 Å². The summed E-state index contributed by atoms with van der Waals surface area (Å²) in [6.45, 7) is 2.10. The molecule has 0 amide bonds. The number of benzene rings is 1.